The first-order chi connectivity index (χ1) is 10.9. The number of aryl methyl sites for hydroxylation is 1. The standard InChI is InChI=1S/C18H26N2O3/c1-18(2,3)23-17(21)20-9-12-13(10-20)16(12)19-14-5-4-6-15-11(14)7-8-22-15/h7-8,12-14,16,19H,4-6,9-10H2,1-3H3. The predicted molar refractivity (Wildman–Crippen MR) is 86.1 cm³/mol. The van der Waals surface area contributed by atoms with Crippen molar-refractivity contribution in [3.63, 3.8) is 0 Å². The zero-order valence-electron chi connectivity index (χ0n) is 14.2. The van der Waals surface area contributed by atoms with Gasteiger partial charge in [-0.05, 0) is 51.5 Å². The van der Waals surface area contributed by atoms with Crippen LogP contribution in [0.3, 0.4) is 0 Å². The molecule has 5 heteroatoms. The Hall–Kier alpha value is -1.49. The van der Waals surface area contributed by atoms with Crippen LogP contribution in [0.1, 0.15) is 51.0 Å². The van der Waals surface area contributed by atoms with Crippen molar-refractivity contribution < 1.29 is 13.9 Å². The van der Waals surface area contributed by atoms with E-state index < -0.39 is 5.60 Å². The maximum Gasteiger partial charge on any atom is 0.410 e. The fourth-order valence-corrected chi connectivity index (χ4v) is 4.14. The van der Waals surface area contributed by atoms with Crippen molar-refractivity contribution in [1.82, 2.24) is 10.2 Å². The molecule has 1 saturated carbocycles. The summed E-state index contributed by atoms with van der Waals surface area (Å²) in [5, 5.41) is 3.81. The van der Waals surface area contributed by atoms with Crippen molar-refractivity contribution in [2.24, 2.45) is 11.8 Å². The molecule has 2 heterocycles. The van der Waals surface area contributed by atoms with E-state index in [0.29, 0.717) is 23.9 Å². The summed E-state index contributed by atoms with van der Waals surface area (Å²) in [7, 11) is 0. The number of nitrogens with zero attached hydrogens (tertiary/aromatic N) is 1. The number of hydrogen-bond donors (Lipinski definition) is 1. The Kier molecular flexibility index (Phi) is 3.45. The Balaban J connectivity index is 1.31. The van der Waals surface area contributed by atoms with Gasteiger partial charge in [0.2, 0.25) is 0 Å². The van der Waals surface area contributed by atoms with Crippen molar-refractivity contribution in [1.29, 1.82) is 0 Å². The minimum Gasteiger partial charge on any atom is -0.469 e. The zero-order chi connectivity index (χ0) is 16.2. The summed E-state index contributed by atoms with van der Waals surface area (Å²) in [5.41, 5.74) is 0.923. The average Bonchev–Trinajstić information content (AvgIpc) is 2.88. The number of ether oxygens (including phenoxy) is 1. The third-order valence-electron chi connectivity index (χ3n) is 5.29. The maximum absolute atomic E-state index is 12.1. The second-order valence-corrected chi connectivity index (χ2v) is 8.15. The van der Waals surface area contributed by atoms with Gasteiger partial charge in [0.25, 0.3) is 0 Å². The Morgan fingerprint density at radius 3 is 2.78 bits per heavy atom. The molecule has 1 aromatic heterocycles. The van der Waals surface area contributed by atoms with E-state index in [-0.39, 0.29) is 6.09 Å². The van der Waals surface area contributed by atoms with Gasteiger partial charge in [-0.25, -0.2) is 4.79 Å². The third kappa shape index (κ3) is 2.87. The minimum atomic E-state index is -0.415. The largest absolute Gasteiger partial charge is 0.469 e. The number of amides is 1. The van der Waals surface area contributed by atoms with Gasteiger partial charge >= 0.3 is 6.09 Å². The summed E-state index contributed by atoms with van der Waals surface area (Å²) < 4.78 is 11.0. The van der Waals surface area contributed by atoms with Crippen LogP contribution in [0, 0.1) is 11.8 Å². The van der Waals surface area contributed by atoms with Crippen molar-refractivity contribution in [3.05, 3.63) is 23.7 Å². The highest BCUT2D eigenvalue weighted by Gasteiger charge is 2.57. The minimum absolute atomic E-state index is 0.168. The number of nitrogens with one attached hydrogen (secondary N) is 1. The molecule has 0 spiro atoms. The molecule has 1 N–H and O–H groups in total. The van der Waals surface area contributed by atoms with Crippen LogP contribution in [0.25, 0.3) is 0 Å². The Morgan fingerprint density at radius 1 is 1.35 bits per heavy atom. The van der Waals surface area contributed by atoms with Crippen LogP contribution in [0.15, 0.2) is 16.7 Å². The first-order valence-corrected chi connectivity index (χ1v) is 8.72. The molecule has 0 aromatic carbocycles. The second-order valence-electron chi connectivity index (χ2n) is 8.15. The van der Waals surface area contributed by atoms with E-state index in [1.807, 2.05) is 31.9 Å². The van der Waals surface area contributed by atoms with Gasteiger partial charge in [0, 0.05) is 37.2 Å². The number of fused-ring (bicyclic) bond motifs is 2. The number of rotatable bonds is 2. The van der Waals surface area contributed by atoms with Crippen LogP contribution in [-0.4, -0.2) is 35.7 Å². The zero-order valence-corrected chi connectivity index (χ0v) is 14.2. The number of carbonyl (C=O) groups is 1. The number of carbonyl (C=O) groups excluding carboxylic acids is 1. The molecule has 3 aliphatic rings. The molecule has 2 aliphatic carbocycles. The van der Waals surface area contributed by atoms with Crippen LogP contribution in [0.4, 0.5) is 4.79 Å². The van der Waals surface area contributed by atoms with Crippen molar-refractivity contribution in [2.45, 2.75) is 57.7 Å². The highest BCUT2D eigenvalue weighted by molar-refractivity contribution is 5.69. The van der Waals surface area contributed by atoms with Crippen molar-refractivity contribution >= 4 is 6.09 Å². The van der Waals surface area contributed by atoms with Gasteiger partial charge in [-0.15, -0.1) is 0 Å². The molecule has 1 aliphatic heterocycles. The lowest BCUT2D eigenvalue weighted by Crippen LogP contribution is -2.40. The van der Waals surface area contributed by atoms with Crippen LogP contribution >= 0.6 is 0 Å². The smallest absolute Gasteiger partial charge is 0.410 e. The molecule has 4 rings (SSSR count). The molecule has 3 atom stereocenters. The normalized spacial score (nSPS) is 32.4. The fourth-order valence-electron chi connectivity index (χ4n) is 4.14. The highest BCUT2D eigenvalue weighted by atomic mass is 16.6. The molecule has 1 amide bonds. The fraction of sp³-hybridized carbons (Fsp3) is 0.722. The summed E-state index contributed by atoms with van der Waals surface area (Å²) in [6, 6.07) is 3.07. The molecule has 2 fully saturated rings. The van der Waals surface area contributed by atoms with E-state index in [9.17, 15) is 4.79 Å². The van der Waals surface area contributed by atoms with Gasteiger partial charge in [0.15, 0.2) is 0 Å². The SMILES string of the molecule is CC(C)(C)OC(=O)N1CC2C(C1)C2NC1CCCc2occc21. The maximum atomic E-state index is 12.1. The average molecular weight is 318 g/mol. The number of likely N-dealkylation sites (tertiary alicyclic amines) is 1. The number of furan rings is 1. The Bertz CT molecular complexity index is 592. The summed E-state index contributed by atoms with van der Waals surface area (Å²) in [4.78, 5) is 14.0. The lowest BCUT2D eigenvalue weighted by atomic mass is 9.93. The molecule has 1 aromatic rings. The molecule has 0 radical (unpaired) electrons. The van der Waals surface area contributed by atoms with Gasteiger partial charge in [0.05, 0.1) is 6.26 Å². The lowest BCUT2D eigenvalue weighted by molar-refractivity contribution is 0.0268. The molecular formula is C18H26N2O3. The van der Waals surface area contributed by atoms with E-state index in [1.54, 1.807) is 0 Å². The molecule has 0 bridgehead atoms. The second kappa shape index (κ2) is 5.26. The van der Waals surface area contributed by atoms with E-state index >= 15 is 0 Å². The topological polar surface area (TPSA) is 54.7 Å². The van der Waals surface area contributed by atoms with E-state index in [2.05, 4.69) is 11.4 Å². The number of hydrogen-bond acceptors (Lipinski definition) is 4. The monoisotopic (exact) mass is 318 g/mol. The van der Waals surface area contributed by atoms with Crippen molar-refractivity contribution in [3.8, 4) is 0 Å². The Morgan fingerprint density at radius 2 is 2.09 bits per heavy atom. The summed E-state index contributed by atoms with van der Waals surface area (Å²) in [5.74, 6) is 2.31. The first kappa shape index (κ1) is 15.1. The molecule has 1 saturated heterocycles. The van der Waals surface area contributed by atoms with Crippen molar-refractivity contribution in [2.75, 3.05) is 13.1 Å². The molecular weight excluding hydrogens is 292 g/mol. The van der Waals surface area contributed by atoms with E-state index in [0.717, 1.165) is 25.3 Å². The van der Waals surface area contributed by atoms with Gasteiger partial charge in [-0.3, -0.25) is 0 Å². The predicted octanol–water partition coefficient (Wildman–Crippen LogP) is 3.11. The van der Waals surface area contributed by atoms with Gasteiger partial charge < -0.3 is 19.4 Å². The summed E-state index contributed by atoms with van der Waals surface area (Å²) in [6.45, 7) is 7.39. The number of piperidine rings is 1. The molecule has 23 heavy (non-hydrogen) atoms. The molecule has 126 valence electrons. The van der Waals surface area contributed by atoms with Gasteiger partial charge in [0.1, 0.15) is 11.4 Å². The van der Waals surface area contributed by atoms with Crippen LogP contribution in [0.5, 0.6) is 0 Å². The van der Waals surface area contributed by atoms with Crippen LogP contribution in [-0.2, 0) is 11.2 Å². The highest BCUT2D eigenvalue weighted by Crippen LogP contribution is 2.47. The quantitative estimate of drug-likeness (QED) is 0.910. The van der Waals surface area contributed by atoms with E-state index in [1.165, 1.54) is 18.4 Å². The lowest BCUT2D eigenvalue weighted by Gasteiger charge is -2.27. The van der Waals surface area contributed by atoms with Crippen LogP contribution in [0.2, 0.25) is 0 Å². The first-order valence-electron chi connectivity index (χ1n) is 8.72. The summed E-state index contributed by atoms with van der Waals surface area (Å²) in [6.07, 6.45) is 5.06. The van der Waals surface area contributed by atoms with Crippen LogP contribution < -0.4 is 5.32 Å². The van der Waals surface area contributed by atoms with Gasteiger partial charge in [-0.2, -0.15) is 0 Å². The molecule has 5 nitrogen and oxygen atoms in total. The van der Waals surface area contributed by atoms with E-state index in [4.69, 9.17) is 9.15 Å². The van der Waals surface area contributed by atoms with Gasteiger partial charge in [-0.1, -0.05) is 0 Å². The third-order valence-corrected chi connectivity index (χ3v) is 5.29. The molecule has 3 unspecified atom stereocenters. The summed E-state index contributed by atoms with van der Waals surface area (Å²) >= 11 is 0. The Labute approximate surface area is 137 Å².